The second-order valence-corrected chi connectivity index (χ2v) is 5.19. The van der Waals surface area contributed by atoms with Gasteiger partial charge in [-0.2, -0.15) is 5.26 Å². The number of hydrogen-bond donors (Lipinski definition) is 1. The van der Waals surface area contributed by atoms with Crippen molar-refractivity contribution in [2.75, 3.05) is 19.7 Å². The van der Waals surface area contributed by atoms with Gasteiger partial charge in [0.05, 0.1) is 19.2 Å². The van der Waals surface area contributed by atoms with Crippen LogP contribution < -0.4 is 0 Å². The van der Waals surface area contributed by atoms with E-state index in [-0.39, 0.29) is 5.91 Å². The Bertz CT molecular complexity index is 686. The highest BCUT2D eigenvalue weighted by atomic mass is 16.5. The number of aromatic nitrogens is 1. The molecule has 1 N–H and O–H groups in total. The molecule has 1 saturated heterocycles. The van der Waals surface area contributed by atoms with Crippen LogP contribution >= 0.6 is 0 Å². The number of aryl methyl sites for hydroxylation is 1. The highest BCUT2D eigenvalue weighted by molar-refractivity contribution is 5.84. The Morgan fingerprint density at radius 2 is 2.33 bits per heavy atom. The molecule has 0 aliphatic carbocycles. The van der Waals surface area contributed by atoms with Crippen LogP contribution in [0.1, 0.15) is 12.0 Å². The summed E-state index contributed by atoms with van der Waals surface area (Å²) in [6, 6.07) is 10.1. The lowest BCUT2D eigenvalue weighted by Gasteiger charge is -2.29. The monoisotopic (exact) mass is 283 g/mol. The maximum absolute atomic E-state index is 12.2. The van der Waals surface area contributed by atoms with E-state index in [4.69, 9.17) is 10.00 Å². The molecule has 1 aliphatic rings. The standard InChI is InChI=1S/C16H17N3O2/c17-9-13-11-19(7-8-21-13)16(20)6-5-12-10-18-15-4-2-1-3-14(12)15/h1-4,10,13,18H,5-8,11H2. The molecule has 21 heavy (non-hydrogen) atoms. The summed E-state index contributed by atoms with van der Waals surface area (Å²) in [6.07, 6.45) is 2.64. The predicted molar refractivity (Wildman–Crippen MR) is 78.6 cm³/mol. The minimum absolute atomic E-state index is 0.0869. The van der Waals surface area contributed by atoms with Crippen LogP contribution in [-0.2, 0) is 16.0 Å². The normalized spacial score (nSPS) is 18.6. The van der Waals surface area contributed by atoms with E-state index in [2.05, 4.69) is 17.1 Å². The molecule has 1 fully saturated rings. The fraction of sp³-hybridized carbons (Fsp3) is 0.375. The van der Waals surface area contributed by atoms with Crippen LogP contribution in [-0.4, -0.2) is 41.6 Å². The van der Waals surface area contributed by atoms with E-state index in [0.717, 1.165) is 11.1 Å². The largest absolute Gasteiger partial charge is 0.361 e. The molecule has 1 amide bonds. The summed E-state index contributed by atoms with van der Waals surface area (Å²) >= 11 is 0. The number of amides is 1. The average molecular weight is 283 g/mol. The van der Waals surface area contributed by atoms with Gasteiger partial charge in [0, 0.05) is 30.1 Å². The molecule has 2 aromatic rings. The van der Waals surface area contributed by atoms with E-state index in [0.29, 0.717) is 32.5 Å². The van der Waals surface area contributed by atoms with Crippen molar-refractivity contribution in [2.24, 2.45) is 0 Å². The number of nitrogens with zero attached hydrogens (tertiary/aromatic N) is 2. The Morgan fingerprint density at radius 3 is 3.19 bits per heavy atom. The molecule has 1 aromatic carbocycles. The second kappa shape index (κ2) is 5.98. The summed E-state index contributed by atoms with van der Waals surface area (Å²) in [5.74, 6) is 0.0869. The van der Waals surface area contributed by atoms with Gasteiger partial charge < -0.3 is 14.6 Å². The van der Waals surface area contributed by atoms with Crippen LogP contribution in [0.5, 0.6) is 0 Å². The Balaban J connectivity index is 1.62. The minimum atomic E-state index is -0.490. The van der Waals surface area contributed by atoms with Gasteiger partial charge in [-0.1, -0.05) is 18.2 Å². The molecule has 108 valence electrons. The molecule has 5 nitrogen and oxygen atoms in total. The number of carbonyl (C=O) groups excluding carboxylic acids is 1. The zero-order chi connectivity index (χ0) is 14.7. The van der Waals surface area contributed by atoms with Gasteiger partial charge >= 0.3 is 0 Å². The smallest absolute Gasteiger partial charge is 0.223 e. The van der Waals surface area contributed by atoms with Crippen LogP contribution in [0.25, 0.3) is 10.9 Å². The fourth-order valence-electron chi connectivity index (χ4n) is 2.69. The summed E-state index contributed by atoms with van der Waals surface area (Å²) in [4.78, 5) is 17.2. The van der Waals surface area contributed by atoms with Gasteiger partial charge in [0.1, 0.15) is 0 Å². The number of nitrogens with one attached hydrogen (secondary N) is 1. The molecule has 0 radical (unpaired) electrons. The van der Waals surface area contributed by atoms with Gasteiger partial charge in [0.25, 0.3) is 0 Å². The number of rotatable bonds is 3. The van der Waals surface area contributed by atoms with Crippen molar-refractivity contribution in [2.45, 2.75) is 18.9 Å². The van der Waals surface area contributed by atoms with Crippen molar-refractivity contribution in [1.29, 1.82) is 5.26 Å². The summed E-state index contributed by atoms with van der Waals surface area (Å²) in [5.41, 5.74) is 2.25. The number of benzene rings is 1. The first-order valence-corrected chi connectivity index (χ1v) is 7.12. The van der Waals surface area contributed by atoms with Crippen LogP contribution in [0.3, 0.4) is 0 Å². The average Bonchev–Trinajstić information content (AvgIpc) is 2.96. The van der Waals surface area contributed by atoms with Crippen LogP contribution in [0.15, 0.2) is 30.5 Å². The minimum Gasteiger partial charge on any atom is -0.361 e. The summed E-state index contributed by atoms with van der Waals surface area (Å²) in [5, 5.41) is 10.0. The molecule has 1 atom stereocenters. The first-order valence-electron chi connectivity index (χ1n) is 7.12. The highest BCUT2D eigenvalue weighted by Crippen LogP contribution is 2.19. The second-order valence-electron chi connectivity index (χ2n) is 5.19. The van der Waals surface area contributed by atoms with E-state index in [9.17, 15) is 4.79 Å². The zero-order valence-corrected chi connectivity index (χ0v) is 11.7. The number of nitriles is 1. The lowest BCUT2D eigenvalue weighted by Crippen LogP contribution is -2.45. The lowest BCUT2D eigenvalue weighted by molar-refractivity contribution is -0.136. The molecule has 0 spiro atoms. The molecule has 0 bridgehead atoms. The highest BCUT2D eigenvalue weighted by Gasteiger charge is 2.23. The molecule has 1 aliphatic heterocycles. The van der Waals surface area contributed by atoms with Crippen molar-refractivity contribution < 1.29 is 9.53 Å². The van der Waals surface area contributed by atoms with E-state index >= 15 is 0 Å². The number of carbonyl (C=O) groups is 1. The first-order chi connectivity index (χ1) is 10.3. The van der Waals surface area contributed by atoms with E-state index in [1.165, 1.54) is 5.39 Å². The van der Waals surface area contributed by atoms with Gasteiger partial charge in [-0.3, -0.25) is 4.79 Å². The van der Waals surface area contributed by atoms with Gasteiger partial charge in [-0.05, 0) is 18.1 Å². The van der Waals surface area contributed by atoms with Gasteiger partial charge in [-0.25, -0.2) is 0 Å². The van der Waals surface area contributed by atoms with Crippen molar-refractivity contribution in [1.82, 2.24) is 9.88 Å². The van der Waals surface area contributed by atoms with Gasteiger partial charge in [0.15, 0.2) is 6.10 Å². The van der Waals surface area contributed by atoms with E-state index < -0.39 is 6.10 Å². The number of morpholine rings is 1. The number of fused-ring (bicyclic) bond motifs is 1. The number of ether oxygens (including phenoxy) is 1. The lowest BCUT2D eigenvalue weighted by atomic mass is 10.1. The third-order valence-corrected chi connectivity index (χ3v) is 3.85. The molecule has 2 heterocycles. The van der Waals surface area contributed by atoms with Crippen molar-refractivity contribution in [3.63, 3.8) is 0 Å². The summed E-state index contributed by atoms with van der Waals surface area (Å²) < 4.78 is 5.26. The number of hydrogen-bond acceptors (Lipinski definition) is 3. The molecule has 1 aromatic heterocycles. The molecule has 1 unspecified atom stereocenters. The van der Waals surface area contributed by atoms with Crippen molar-refractivity contribution in [3.05, 3.63) is 36.0 Å². The summed E-state index contributed by atoms with van der Waals surface area (Å²) in [7, 11) is 0. The third kappa shape index (κ3) is 2.91. The van der Waals surface area contributed by atoms with Crippen LogP contribution in [0, 0.1) is 11.3 Å². The molecular weight excluding hydrogens is 266 g/mol. The summed E-state index contributed by atoms with van der Waals surface area (Å²) in [6.45, 7) is 1.39. The third-order valence-electron chi connectivity index (χ3n) is 3.85. The fourth-order valence-corrected chi connectivity index (χ4v) is 2.69. The van der Waals surface area contributed by atoms with Gasteiger partial charge in [-0.15, -0.1) is 0 Å². The first kappa shape index (κ1) is 13.7. The predicted octanol–water partition coefficient (Wildman–Crippen LogP) is 1.85. The van der Waals surface area contributed by atoms with Crippen LogP contribution in [0.4, 0.5) is 0 Å². The molecule has 5 heteroatoms. The van der Waals surface area contributed by atoms with Crippen LogP contribution in [0.2, 0.25) is 0 Å². The maximum Gasteiger partial charge on any atom is 0.223 e. The van der Waals surface area contributed by atoms with Crippen molar-refractivity contribution in [3.8, 4) is 6.07 Å². The zero-order valence-electron chi connectivity index (χ0n) is 11.7. The van der Waals surface area contributed by atoms with Crippen molar-refractivity contribution >= 4 is 16.8 Å². The topological polar surface area (TPSA) is 69.1 Å². The molecular formula is C16H17N3O2. The number of H-pyrrole nitrogens is 1. The Morgan fingerprint density at radius 1 is 1.48 bits per heavy atom. The Labute approximate surface area is 123 Å². The van der Waals surface area contributed by atoms with Gasteiger partial charge in [0.2, 0.25) is 5.91 Å². The van der Waals surface area contributed by atoms with E-state index in [1.807, 2.05) is 24.4 Å². The Hall–Kier alpha value is -2.32. The quantitative estimate of drug-likeness (QED) is 0.934. The molecule has 0 saturated carbocycles. The van der Waals surface area contributed by atoms with E-state index in [1.54, 1.807) is 4.90 Å². The maximum atomic E-state index is 12.2. The number of para-hydroxylation sites is 1. The Kier molecular flexibility index (Phi) is 3.89. The SMILES string of the molecule is N#CC1CN(C(=O)CCc2c[nH]c3ccccc23)CCO1. The molecule has 3 rings (SSSR count). The number of aromatic amines is 1.